The Balaban J connectivity index is 1.81. The smallest absolute Gasteiger partial charge is 0.322 e. The molecule has 0 atom stereocenters. The molecule has 0 bridgehead atoms. The van der Waals surface area contributed by atoms with E-state index in [1.165, 1.54) is 49.1 Å². The Bertz CT molecular complexity index is 1230. The van der Waals surface area contributed by atoms with Gasteiger partial charge in [-0.25, -0.2) is 20.4 Å². The Kier molecular flexibility index (Phi) is 7.04. The van der Waals surface area contributed by atoms with Gasteiger partial charge in [0.1, 0.15) is 5.69 Å². The van der Waals surface area contributed by atoms with Gasteiger partial charge in [0.2, 0.25) is 0 Å². The molecule has 0 radical (unpaired) electrons. The van der Waals surface area contributed by atoms with Crippen molar-refractivity contribution in [3.63, 3.8) is 0 Å². The monoisotopic (exact) mass is 477 g/mol. The number of hydroxylamine groups is 1. The van der Waals surface area contributed by atoms with Crippen LogP contribution in [0, 0.1) is 6.92 Å². The summed E-state index contributed by atoms with van der Waals surface area (Å²) >= 11 is 6.23. The minimum Gasteiger partial charge on any atom is -0.322 e. The molecule has 2 amide bonds. The minimum atomic E-state index is -4.61. The van der Waals surface area contributed by atoms with Crippen LogP contribution in [-0.2, 0) is 11.0 Å². The van der Waals surface area contributed by atoms with E-state index in [1.54, 1.807) is 0 Å². The molecule has 170 valence electrons. The quantitative estimate of drug-likeness (QED) is 0.287. The molecular weight excluding hydrogens is 463 g/mol. The number of carbonyl (C=O) groups excluding carboxylic acids is 2. The molecule has 3 rings (SSSR count). The van der Waals surface area contributed by atoms with Crippen LogP contribution in [0.15, 0.2) is 48.8 Å². The van der Waals surface area contributed by atoms with E-state index in [9.17, 15) is 22.8 Å². The predicted molar refractivity (Wildman–Crippen MR) is 113 cm³/mol. The lowest BCUT2D eigenvalue weighted by Gasteiger charge is -2.12. The molecule has 3 aromatic rings. The van der Waals surface area contributed by atoms with Gasteiger partial charge in [0.25, 0.3) is 11.8 Å². The van der Waals surface area contributed by atoms with Crippen LogP contribution in [0.5, 0.6) is 0 Å². The number of hydrogen-bond donors (Lipinski definition) is 3. The summed E-state index contributed by atoms with van der Waals surface area (Å²) in [6, 6.07) is 6.33. The molecule has 0 fully saturated rings. The SMILES string of the molecule is Cc1nc(C(F)(F)F)ccc1C(=O)Nc1ccc(Cl)c(-c2ncc(/C=C/C(=O)NO)cn2)c1. The summed E-state index contributed by atoms with van der Waals surface area (Å²) in [4.78, 5) is 35.4. The average molecular weight is 478 g/mol. The molecule has 0 aliphatic carbocycles. The third-order valence-electron chi connectivity index (χ3n) is 4.30. The fraction of sp³-hybridized carbons (Fsp3) is 0.0952. The van der Waals surface area contributed by atoms with Crippen molar-refractivity contribution in [2.75, 3.05) is 5.32 Å². The van der Waals surface area contributed by atoms with Crippen LogP contribution in [0.3, 0.4) is 0 Å². The van der Waals surface area contributed by atoms with E-state index in [1.807, 2.05) is 0 Å². The van der Waals surface area contributed by atoms with Crippen molar-refractivity contribution in [2.24, 2.45) is 0 Å². The van der Waals surface area contributed by atoms with E-state index in [4.69, 9.17) is 16.8 Å². The lowest BCUT2D eigenvalue weighted by atomic mass is 10.1. The molecule has 0 saturated heterocycles. The van der Waals surface area contributed by atoms with Gasteiger partial charge in [0.15, 0.2) is 5.82 Å². The van der Waals surface area contributed by atoms with E-state index in [0.717, 1.165) is 18.2 Å². The maximum Gasteiger partial charge on any atom is 0.433 e. The van der Waals surface area contributed by atoms with Crippen molar-refractivity contribution < 1.29 is 28.0 Å². The lowest BCUT2D eigenvalue weighted by Crippen LogP contribution is -2.16. The second kappa shape index (κ2) is 9.76. The molecule has 8 nitrogen and oxygen atoms in total. The van der Waals surface area contributed by atoms with E-state index < -0.39 is 23.7 Å². The molecule has 1 aromatic carbocycles. The Morgan fingerprint density at radius 3 is 2.42 bits per heavy atom. The lowest BCUT2D eigenvalue weighted by molar-refractivity contribution is -0.141. The number of pyridine rings is 1. The molecule has 2 aromatic heterocycles. The molecule has 0 aliphatic rings. The largest absolute Gasteiger partial charge is 0.433 e. The van der Waals surface area contributed by atoms with Crippen molar-refractivity contribution in [3.8, 4) is 11.4 Å². The summed E-state index contributed by atoms with van der Waals surface area (Å²) in [5, 5.41) is 11.4. The molecule has 12 heteroatoms. The molecule has 0 spiro atoms. The number of halogens is 4. The van der Waals surface area contributed by atoms with Crippen LogP contribution in [0.4, 0.5) is 18.9 Å². The number of alkyl halides is 3. The second-order valence-corrected chi connectivity index (χ2v) is 7.03. The summed E-state index contributed by atoms with van der Waals surface area (Å²) < 4.78 is 38.4. The fourth-order valence-electron chi connectivity index (χ4n) is 2.70. The van der Waals surface area contributed by atoms with Crippen molar-refractivity contribution >= 4 is 35.2 Å². The van der Waals surface area contributed by atoms with Crippen LogP contribution in [0.1, 0.15) is 27.3 Å². The van der Waals surface area contributed by atoms with Crippen LogP contribution >= 0.6 is 11.6 Å². The zero-order valence-electron chi connectivity index (χ0n) is 16.8. The maximum absolute atomic E-state index is 12.8. The van der Waals surface area contributed by atoms with Gasteiger partial charge < -0.3 is 5.32 Å². The highest BCUT2D eigenvalue weighted by atomic mass is 35.5. The van der Waals surface area contributed by atoms with Crippen LogP contribution < -0.4 is 10.8 Å². The number of aryl methyl sites for hydroxylation is 1. The van der Waals surface area contributed by atoms with Gasteiger partial charge in [-0.1, -0.05) is 11.6 Å². The van der Waals surface area contributed by atoms with E-state index in [2.05, 4.69) is 20.3 Å². The van der Waals surface area contributed by atoms with E-state index >= 15 is 0 Å². The first-order chi connectivity index (χ1) is 15.6. The Hall–Kier alpha value is -3.83. The molecule has 0 saturated carbocycles. The van der Waals surface area contributed by atoms with Gasteiger partial charge in [-0.15, -0.1) is 0 Å². The first-order valence-corrected chi connectivity index (χ1v) is 9.56. The van der Waals surface area contributed by atoms with Crippen LogP contribution in [0.2, 0.25) is 5.02 Å². The number of amides is 2. The Morgan fingerprint density at radius 2 is 1.82 bits per heavy atom. The molecule has 2 heterocycles. The molecule has 0 aliphatic heterocycles. The maximum atomic E-state index is 12.8. The molecule has 33 heavy (non-hydrogen) atoms. The van der Waals surface area contributed by atoms with E-state index in [0.29, 0.717) is 21.8 Å². The second-order valence-electron chi connectivity index (χ2n) is 6.63. The number of benzene rings is 1. The number of anilines is 1. The van der Waals surface area contributed by atoms with Gasteiger partial charge in [0.05, 0.1) is 16.3 Å². The number of hydrogen-bond acceptors (Lipinski definition) is 6. The van der Waals surface area contributed by atoms with Crippen molar-refractivity contribution in [1.29, 1.82) is 0 Å². The summed E-state index contributed by atoms with van der Waals surface area (Å²) in [5.74, 6) is -1.14. The van der Waals surface area contributed by atoms with Gasteiger partial charge in [0, 0.05) is 35.3 Å². The van der Waals surface area contributed by atoms with Gasteiger partial charge in [-0.05, 0) is 43.3 Å². The minimum absolute atomic E-state index is 0.0150. The number of carbonyl (C=O) groups is 2. The highest BCUT2D eigenvalue weighted by Gasteiger charge is 2.33. The first kappa shape index (κ1) is 23.8. The number of nitrogens with one attached hydrogen (secondary N) is 2. The molecule has 3 N–H and O–H groups in total. The zero-order valence-corrected chi connectivity index (χ0v) is 17.6. The fourth-order valence-corrected chi connectivity index (χ4v) is 2.91. The predicted octanol–water partition coefficient (Wildman–Crippen LogP) is 4.29. The number of nitrogens with zero attached hydrogens (tertiary/aromatic N) is 3. The highest BCUT2D eigenvalue weighted by molar-refractivity contribution is 6.33. The summed E-state index contributed by atoms with van der Waals surface area (Å²) in [7, 11) is 0. The highest BCUT2D eigenvalue weighted by Crippen LogP contribution is 2.30. The van der Waals surface area contributed by atoms with Gasteiger partial charge >= 0.3 is 6.18 Å². The average Bonchev–Trinajstić information content (AvgIpc) is 2.78. The first-order valence-electron chi connectivity index (χ1n) is 9.19. The van der Waals surface area contributed by atoms with Crippen LogP contribution in [0.25, 0.3) is 17.5 Å². The third kappa shape index (κ3) is 5.90. The number of aromatic nitrogens is 3. The van der Waals surface area contributed by atoms with Crippen molar-refractivity contribution in [1.82, 2.24) is 20.4 Å². The van der Waals surface area contributed by atoms with Crippen molar-refractivity contribution in [3.05, 3.63) is 76.3 Å². The normalized spacial score (nSPS) is 11.5. The Morgan fingerprint density at radius 1 is 1.12 bits per heavy atom. The van der Waals surface area contributed by atoms with Crippen molar-refractivity contribution in [2.45, 2.75) is 13.1 Å². The molecular formula is C21H15ClF3N5O3. The summed E-state index contributed by atoms with van der Waals surface area (Å²) in [5.41, 5.74) is 1.46. The summed E-state index contributed by atoms with van der Waals surface area (Å²) in [6.45, 7) is 1.31. The zero-order chi connectivity index (χ0) is 24.2. The molecule has 0 unspecified atom stereocenters. The number of rotatable bonds is 5. The van der Waals surface area contributed by atoms with Gasteiger partial charge in [-0.3, -0.25) is 14.8 Å². The Labute approximate surface area is 190 Å². The van der Waals surface area contributed by atoms with E-state index in [-0.39, 0.29) is 17.1 Å². The topological polar surface area (TPSA) is 117 Å². The van der Waals surface area contributed by atoms with Crippen LogP contribution in [-0.4, -0.2) is 32.0 Å². The summed E-state index contributed by atoms with van der Waals surface area (Å²) in [6.07, 6.45) is 0.694. The third-order valence-corrected chi connectivity index (χ3v) is 4.62. The van der Waals surface area contributed by atoms with Gasteiger partial charge in [-0.2, -0.15) is 13.2 Å². The standard InChI is InChI=1S/C21H15ClF3N5O3/c1-11-14(4-6-17(28-11)21(23,24)25)20(32)29-13-3-5-16(22)15(8-13)19-26-9-12(10-27-19)2-7-18(31)30-33/h2-10,33H,1H3,(H,29,32)(H,30,31)/b7-2+.